The molecule has 0 radical (unpaired) electrons. The third-order valence-electron chi connectivity index (χ3n) is 14.1. The van der Waals surface area contributed by atoms with E-state index in [1.54, 1.807) is 36.3 Å². The Hall–Kier alpha value is -5.66. The molecule has 11 rings (SSSR count). The van der Waals surface area contributed by atoms with Crippen LogP contribution in [0.25, 0.3) is 11.1 Å². The summed E-state index contributed by atoms with van der Waals surface area (Å²) in [4.78, 5) is 81.5. The van der Waals surface area contributed by atoms with Crippen LogP contribution in [-0.4, -0.2) is 109 Å². The Labute approximate surface area is 435 Å². The third-order valence-corrected chi connectivity index (χ3v) is 15.4. The summed E-state index contributed by atoms with van der Waals surface area (Å²) in [7, 11) is 0. The van der Waals surface area contributed by atoms with Crippen LogP contribution < -0.4 is 4.90 Å². The molecule has 0 aliphatic carbocycles. The van der Waals surface area contributed by atoms with Crippen molar-refractivity contribution in [2.24, 2.45) is 5.41 Å². The second kappa shape index (κ2) is 19.1. The van der Waals surface area contributed by atoms with Crippen molar-refractivity contribution in [3.8, 4) is 11.1 Å². The number of halogens is 3. The lowest BCUT2D eigenvalue weighted by molar-refractivity contribution is -0.150. The normalized spacial score (nSPS) is 18.0. The van der Waals surface area contributed by atoms with Crippen LogP contribution in [0, 0.1) is 8.99 Å². The number of anilines is 1. The second-order valence-corrected chi connectivity index (χ2v) is 22.1. The predicted molar refractivity (Wildman–Crippen MR) is 273 cm³/mol. The highest BCUT2D eigenvalue weighted by Gasteiger charge is 2.54. The zero-order valence-corrected chi connectivity index (χ0v) is 44.0. The zero-order chi connectivity index (χ0) is 50.1. The maximum atomic E-state index is 13.9. The van der Waals surface area contributed by atoms with Gasteiger partial charge >= 0.3 is 18.0 Å². The Morgan fingerprint density at radius 3 is 1.73 bits per heavy atom. The van der Waals surface area contributed by atoms with Crippen LogP contribution in [-0.2, 0) is 62.8 Å². The zero-order valence-electron chi connectivity index (χ0n) is 40.3. The van der Waals surface area contributed by atoms with Crippen LogP contribution >= 0.6 is 45.8 Å². The molecule has 1 spiro atoms. The Kier molecular flexibility index (Phi) is 13.1. The molecule has 5 aromatic rings. The molecule has 19 heteroatoms. The van der Waals surface area contributed by atoms with Gasteiger partial charge in [0.2, 0.25) is 0 Å². The highest BCUT2D eigenvalue weighted by atomic mass is 127. The van der Waals surface area contributed by atoms with E-state index in [9.17, 15) is 24.0 Å². The second-order valence-electron chi connectivity index (χ2n) is 20.1. The number of imidazole rings is 2. The molecule has 3 amide bonds. The van der Waals surface area contributed by atoms with Crippen molar-refractivity contribution < 1.29 is 38.2 Å². The summed E-state index contributed by atoms with van der Waals surface area (Å²) in [5.41, 5.74) is 8.23. The van der Waals surface area contributed by atoms with E-state index in [2.05, 4.69) is 54.2 Å². The number of esters is 2. The lowest BCUT2D eigenvalue weighted by Gasteiger charge is -2.60. The first-order valence-electron chi connectivity index (χ1n) is 24.1. The molecule has 71 heavy (non-hydrogen) atoms. The number of ether oxygens (including phenoxy) is 3. The monoisotopic (exact) mass is 1120 g/mol. The van der Waals surface area contributed by atoms with Gasteiger partial charge in [-0.1, -0.05) is 35.3 Å². The van der Waals surface area contributed by atoms with Gasteiger partial charge in [-0.05, 0) is 130 Å². The van der Waals surface area contributed by atoms with Crippen molar-refractivity contribution >= 4 is 81.3 Å². The molecule has 2 unspecified atom stereocenters. The van der Waals surface area contributed by atoms with Crippen LogP contribution in [0.15, 0.2) is 61.2 Å². The van der Waals surface area contributed by atoms with Crippen LogP contribution in [0.3, 0.4) is 0 Å². The van der Waals surface area contributed by atoms with Gasteiger partial charge < -0.3 is 42.9 Å². The molecule has 3 aromatic carbocycles. The van der Waals surface area contributed by atoms with Crippen molar-refractivity contribution in [1.29, 1.82) is 0 Å². The number of hydrogen-bond donors (Lipinski definition) is 0. The molecule has 2 atom stereocenters. The molecular weight excluding hydrogens is 1060 g/mol. The van der Waals surface area contributed by atoms with Gasteiger partial charge in [0.15, 0.2) is 12.1 Å². The first-order valence-corrected chi connectivity index (χ1v) is 26.0. The average molecular weight is 1120 g/mol. The molecule has 372 valence electrons. The summed E-state index contributed by atoms with van der Waals surface area (Å²) >= 11 is 15.3. The van der Waals surface area contributed by atoms with Gasteiger partial charge in [-0.2, -0.15) is 0 Å². The lowest BCUT2D eigenvalue weighted by Crippen LogP contribution is -2.73. The minimum atomic E-state index is -0.926. The quantitative estimate of drug-likeness (QED) is 0.0747. The summed E-state index contributed by atoms with van der Waals surface area (Å²) in [6.45, 7) is 15.1. The largest absolute Gasteiger partial charge is 0.464 e. The molecule has 16 nitrogen and oxygen atoms in total. The fourth-order valence-electron chi connectivity index (χ4n) is 10.8. The maximum absolute atomic E-state index is 13.9. The Morgan fingerprint density at radius 2 is 1.23 bits per heavy atom. The predicted octanol–water partition coefficient (Wildman–Crippen LogP) is 8.81. The maximum Gasteiger partial charge on any atom is 0.410 e. The number of rotatable bonds is 10. The van der Waals surface area contributed by atoms with Crippen LogP contribution in [0.5, 0.6) is 0 Å². The molecular formula is C52H55Cl2IN8O8. The van der Waals surface area contributed by atoms with E-state index >= 15 is 0 Å². The number of aromatic nitrogens is 4. The van der Waals surface area contributed by atoms with E-state index in [0.717, 1.165) is 102 Å². The molecule has 8 heterocycles. The summed E-state index contributed by atoms with van der Waals surface area (Å²) in [5, 5.41) is 1.03. The van der Waals surface area contributed by atoms with Crippen LogP contribution in [0.4, 0.5) is 10.5 Å². The van der Waals surface area contributed by atoms with Crippen molar-refractivity contribution in [1.82, 2.24) is 33.8 Å². The number of fused-ring (bicyclic) bond motifs is 4. The smallest absolute Gasteiger partial charge is 0.410 e. The number of amides is 3. The summed E-state index contributed by atoms with van der Waals surface area (Å²) in [6.07, 6.45) is 6.90. The number of nitrogens with zero attached hydrogens (tertiary/aromatic N) is 8. The Morgan fingerprint density at radius 1 is 0.718 bits per heavy atom. The first kappa shape index (κ1) is 48.9. The molecule has 0 saturated carbocycles. The Bertz CT molecular complexity index is 2970. The molecule has 2 fully saturated rings. The van der Waals surface area contributed by atoms with Gasteiger partial charge in [0.1, 0.15) is 5.60 Å². The van der Waals surface area contributed by atoms with E-state index in [-0.39, 0.29) is 49.6 Å². The summed E-state index contributed by atoms with van der Waals surface area (Å²) in [6, 6.07) is 13.9. The summed E-state index contributed by atoms with van der Waals surface area (Å²) < 4.78 is 21.2. The topological polar surface area (TPSA) is 162 Å². The minimum Gasteiger partial charge on any atom is -0.464 e. The van der Waals surface area contributed by atoms with Gasteiger partial charge in [0, 0.05) is 111 Å². The molecule has 6 aliphatic heterocycles. The molecule has 0 bridgehead atoms. The number of carbonyl (C=O) groups is 5. The third kappa shape index (κ3) is 9.15. The highest BCUT2D eigenvalue weighted by Crippen LogP contribution is 2.44. The van der Waals surface area contributed by atoms with Gasteiger partial charge in [-0.3, -0.25) is 9.59 Å². The van der Waals surface area contributed by atoms with Gasteiger partial charge in [-0.25, -0.2) is 24.4 Å². The van der Waals surface area contributed by atoms with Gasteiger partial charge in [0.25, 0.3) is 11.8 Å². The molecule has 2 saturated heterocycles. The van der Waals surface area contributed by atoms with E-state index in [0.29, 0.717) is 38.1 Å². The average Bonchev–Trinajstić information content (AvgIpc) is 4.16. The fourth-order valence-corrected chi connectivity index (χ4v) is 12.2. The van der Waals surface area contributed by atoms with Crippen LogP contribution in [0.1, 0.15) is 114 Å². The number of benzene rings is 3. The van der Waals surface area contributed by atoms with Gasteiger partial charge in [0.05, 0.1) is 37.3 Å². The number of carbonyl (C=O) groups excluding carboxylic acids is 5. The van der Waals surface area contributed by atoms with E-state index < -0.39 is 29.6 Å². The van der Waals surface area contributed by atoms with Gasteiger partial charge in [-0.15, -0.1) is 0 Å². The number of aryl methyl sites for hydroxylation is 2. The standard InChI is InChI=1S/C34H38ClN5O5.C18H17ClIN3O3/c1-5-44-31(42)29(28-27-7-6-12-37(27)20-36-28)40-15-25-24(30(40)41)13-22(14-26(25)35)21-8-10-23(11-9-21)38-16-34(17-38)18-39(19-34)32(43)45-33(2,3)4;1-2-26-18(25)16(15-14-4-3-5-22(14)9-21-15)23-8-12-11(17(23)24)6-10(20)7-13(12)19/h8-11,13-14,20,29H,5-7,12,15-19H2,1-4H3;6-7,9,16H,2-5,8H2,1H3. The molecule has 0 N–H and O–H groups in total. The summed E-state index contributed by atoms with van der Waals surface area (Å²) in [5.74, 6) is -1.40. The lowest BCUT2D eigenvalue weighted by atomic mass is 9.73. The fraction of sp³-hybridized carbons (Fsp3) is 0.442. The molecule has 2 aromatic heterocycles. The van der Waals surface area contributed by atoms with Crippen LogP contribution in [0.2, 0.25) is 10.0 Å². The number of likely N-dealkylation sites (tertiary alicyclic amines) is 1. The van der Waals surface area contributed by atoms with Crippen molar-refractivity contribution in [3.05, 3.63) is 120 Å². The number of hydrogen-bond acceptors (Lipinski definition) is 11. The first-order chi connectivity index (χ1) is 34.0. The van der Waals surface area contributed by atoms with Crippen molar-refractivity contribution in [3.63, 3.8) is 0 Å². The minimum absolute atomic E-state index is 0.132. The molecule has 6 aliphatic rings. The van der Waals surface area contributed by atoms with Crippen molar-refractivity contribution in [2.45, 2.75) is 104 Å². The van der Waals surface area contributed by atoms with E-state index in [4.69, 9.17) is 37.4 Å². The Balaban J connectivity index is 0.000000190. The van der Waals surface area contributed by atoms with Crippen molar-refractivity contribution in [2.75, 3.05) is 44.3 Å². The van der Waals surface area contributed by atoms with E-state index in [1.165, 1.54) is 4.90 Å². The van der Waals surface area contributed by atoms with E-state index in [1.807, 2.05) is 61.7 Å². The SMILES string of the molecule is CCOC(=O)C(c1ncn2c1CCC2)N1Cc2c(Cl)cc(-c3ccc(N4CC5(CN(C(=O)OC(C)(C)C)C5)C4)cc3)cc2C1=O.CCOC(=O)C(c1ncn2c1CCC2)N1Cc2c(Cl)cc(I)cc2C1=O. The highest BCUT2D eigenvalue weighted by molar-refractivity contribution is 14.1.